The third-order valence-electron chi connectivity index (χ3n) is 3.17. The summed E-state index contributed by atoms with van der Waals surface area (Å²) < 4.78 is 7.22. The van der Waals surface area contributed by atoms with E-state index in [1.807, 2.05) is 7.05 Å². The summed E-state index contributed by atoms with van der Waals surface area (Å²) in [6.07, 6.45) is 6.98. The summed E-state index contributed by atoms with van der Waals surface area (Å²) in [5.41, 5.74) is 0. The smallest absolute Gasteiger partial charge is 0.164 e. The predicted octanol–water partition coefficient (Wildman–Crippen LogP) is 0.862. The van der Waals surface area contributed by atoms with Gasteiger partial charge in [0.05, 0.1) is 12.6 Å². The fourth-order valence-corrected chi connectivity index (χ4v) is 2.30. The molecule has 1 heterocycles. The Morgan fingerprint density at radius 2 is 2.31 bits per heavy atom. The number of aromatic nitrogens is 3. The molecule has 1 aliphatic carbocycles. The number of ether oxygens (including phenoxy) is 1. The Morgan fingerprint density at radius 3 is 3.00 bits per heavy atom. The molecule has 1 aromatic rings. The van der Waals surface area contributed by atoms with Crippen LogP contribution in [0.5, 0.6) is 0 Å². The van der Waals surface area contributed by atoms with E-state index in [0.717, 1.165) is 18.8 Å². The Labute approximate surface area is 96.2 Å². The van der Waals surface area contributed by atoms with E-state index in [-0.39, 0.29) is 0 Å². The van der Waals surface area contributed by atoms with E-state index < -0.39 is 0 Å². The summed E-state index contributed by atoms with van der Waals surface area (Å²) in [6, 6.07) is 0.447. The van der Waals surface area contributed by atoms with E-state index in [1.165, 1.54) is 19.3 Å². The van der Waals surface area contributed by atoms with E-state index in [4.69, 9.17) is 4.74 Å². The molecule has 1 saturated carbocycles. The molecule has 1 aromatic heterocycles. The van der Waals surface area contributed by atoms with Gasteiger partial charge in [0.15, 0.2) is 5.82 Å². The molecule has 5 heteroatoms. The van der Waals surface area contributed by atoms with Gasteiger partial charge in [-0.3, -0.25) is 4.68 Å². The van der Waals surface area contributed by atoms with E-state index in [2.05, 4.69) is 15.4 Å². The number of rotatable bonds is 4. The average Bonchev–Trinajstić information content (AvgIpc) is 2.73. The quantitative estimate of drug-likeness (QED) is 0.824. The van der Waals surface area contributed by atoms with Gasteiger partial charge in [-0.25, -0.2) is 4.98 Å². The number of methoxy groups -OCH3 is 1. The molecule has 5 nitrogen and oxygen atoms in total. The van der Waals surface area contributed by atoms with Crippen LogP contribution in [0.1, 0.15) is 31.5 Å². The molecule has 0 aliphatic heterocycles. The fourth-order valence-electron chi connectivity index (χ4n) is 2.30. The molecule has 2 atom stereocenters. The maximum absolute atomic E-state index is 5.49. The SMILES string of the molecule is COC1CCCCC1NCc1ncn(C)n1. The second kappa shape index (κ2) is 5.41. The van der Waals surface area contributed by atoms with Crippen LogP contribution in [0.2, 0.25) is 0 Å². The predicted molar refractivity (Wildman–Crippen MR) is 60.9 cm³/mol. The van der Waals surface area contributed by atoms with Gasteiger partial charge in [-0.05, 0) is 12.8 Å². The van der Waals surface area contributed by atoms with Crippen LogP contribution in [-0.2, 0) is 18.3 Å². The second-order valence-corrected chi connectivity index (χ2v) is 4.38. The molecule has 0 bridgehead atoms. The average molecular weight is 224 g/mol. The number of nitrogens with zero attached hydrogens (tertiary/aromatic N) is 3. The van der Waals surface area contributed by atoms with Crippen molar-refractivity contribution in [3.63, 3.8) is 0 Å². The van der Waals surface area contributed by atoms with Crippen LogP contribution >= 0.6 is 0 Å². The highest BCUT2D eigenvalue weighted by molar-refractivity contribution is 4.86. The first-order chi connectivity index (χ1) is 7.79. The van der Waals surface area contributed by atoms with E-state index in [1.54, 1.807) is 18.1 Å². The van der Waals surface area contributed by atoms with Crippen molar-refractivity contribution in [3.8, 4) is 0 Å². The van der Waals surface area contributed by atoms with Gasteiger partial charge in [0.25, 0.3) is 0 Å². The van der Waals surface area contributed by atoms with Gasteiger partial charge in [0.1, 0.15) is 6.33 Å². The van der Waals surface area contributed by atoms with E-state index in [0.29, 0.717) is 12.1 Å². The molecule has 1 fully saturated rings. The van der Waals surface area contributed by atoms with Crippen LogP contribution in [0, 0.1) is 0 Å². The number of aryl methyl sites for hydroxylation is 1. The van der Waals surface area contributed by atoms with Crippen LogP contribution in [-0.4, -0.2) is 34.0 Å². The molecule has 2 rings (SSSR count). The van der Waals surface area contributed by atoms with Crippen LogP contribution in [0.3, 0.4) is 0 Å². The van der Waals surface area contributed by atoms with Gasteiger partial charge in [0, 0.05) is 20.2 Å². The van der Waals surface area contributed by atoms with E-state index in [9.17, 15) is 0 Å². The lowest BCUT2D eigenvalue weighted by Gasteiger charge is -2.30. The number of nitrogens with one attached hydrogen (secondary N) is 1. The second-order valence-electron chi connectivity index (χ2n) is 4.38. The van der Waals surface area contributed by atoms with Gasteiger partial charge >= 0.3 is 0 Å². The molecule has 0 spiro atoms. The molecule has 0 aromatic carbocycles. The first kappa shape index (κ1) is 11.5. The Balaban J connectivity index is 1.84. The molecular weight excluding hydrogens is 204 g/mol. The van der Waals surface area contributed by atoms with Crippen molar-refractivity contribution in [1.82, 2.24) is 20.1 Å². The van der Waals surface area contributed by atoms with Gasteiger partial charge in [-0.15, -0.1) is 0 Å². The van der Waals surface area contributed by atoms with Crippen LogP contribution < -0.4 is 5.32 Å². The van der Waals surface area contributed by atoms with Crippen molar-refractivity contribution >= 4 is 0 Å². The highest BCUT2D eigenvalue weighted by atomic mass is 16.5. The standard InChI is InChI=1S/C11H20N4O/c1-15-8-13-11(14-15)7-12-9-5-3-4-6-10(9)16-2/h8-10,12H,3-7H2,1-2H3. The third-order valence-corrected chi connectivity index (χ3v) is 3.17. The van der Waals surface area contributed by atoms with Crippen LogP contribution in [0.25, 0.3) is 0 Å². The summed E-state index contributed by atoms with van der Waals surface area (Å²) in [7, 11) is 3.68. The van der Waals surface area contributed by atoms with Crippen LogP contribution in [0.4, 0.5) is 0 Å². The Hall–Kier alpha value is -0.940. The molecule has 2 unspecified atom stereocenters. The normalized spacial score (nSPS) is 25.9. The van der Waals surface area contributed by atoms with Crippen molar-refractivity contribution in [2.75, 3.05) is 7.11 Å². The summed E-state index contributed by atoms with van der Waals surface area (Å²) in [6.45, 7) is 0.728. The zero-order valence-corrected chi connectivity index (χ0v) is 10.0. The van der Waals surface area contributed by atoms with Crippen molar-refractivity contribution < 1.29 is 4.74 Å². The molecule has 16 heavy (non-hydrogen) atoms. The minimum absolute atomic E-state index is 0.345. The van der Waals surface area contributed by atoms with Gasteiger partial charge in [-0.2, -0.15) is 5.10 Å². The highest BCUT2D eigenvalue weighted by Gasteiger charge is 2.24. The van der Waals surface area contributed by atoms with Crippen molar-refractivity contribution in [2.24, 2.45) is 7.05 Å². The van der Waals surface area contributed by atoms with Crippen molar-refractivity contribution in [2.45, 2.75) is 44.4 Å². The summed E-state index contributed by atoms with van der Waals surface area (Å²) in [4.78, 5) is 4.20. The molecule has 0 amide bonds. The first-order valence-corrected chi connectivity index (χ1v) is 5.90. The zero-order valence-electron chi connectivity index (χ0n) is 10.0. The summed E-state index contributed by atoms with van der Waals surface area (Å²) >= 11 is 0. The molecule has 1 aliphatic rings. The largest absolute Gasteiger partial charge is 0.380 e. The number of hydrogen-bond donors (Lipinski definition) is 1. The highest BCUT2D eigenvalue weighted by Crippen LogP contribution is 2.20. The molecule has 0 saturated heterocycles. The fraction of sp³-hybridized carbons (Fsp3) is 0.818. The lowest BCUT2D eigenvalue weighted by Crippen LogP contribution is -2.42. The molecule has 90 valence electrons. The third kappa shape index (κ3) is 2.80. The first-order valence-electron chi connectivity index (χ1n) is 5.90. The molecule has 1 N–H and O–H groups in total. The van der Waals surface area contributed by atoms with Crippen molar-refractivity contribution in [1.29, 1.82) is 0 Å². The Kier molecular flexibility index (Phi) is 3.90. The summed E-state index contributed by atoms with van der Waals surface area (Å²) in [5, 5.41) is 7.74. The monoisotopic (exact) mass is 224 g/mol. The minimum atomic E-state index is 0.345. The molecular formula is C11H20N4O. The number of hydrogen-bond acceptors (Lipinski definition) is 4. The minimum Gasteiger partial charge on any atom is -0.380 e. The lowest BCUT2D eigenvalue weighted by molar-refractivity contribution is 0.0410. The summed E-state index contributed by atoms with van der Waals surface area (Å²) in [5.74, 6) is 0.850. The van der Waals surface area contributed by atoms with Gasteiger partial charge in [-0.1, -0.05) is 12.8 Å². The van der Waals surface area contributed by atoms with Gasteiger partial charge in [0.2, 0.25) is 0 Å². The maximum atomic E-state index is 5.49. The zero-order chi connectivity index (χ0) is 11.4. The maximum Gasteiger partial charge on any atom is 0.164 e. The molecule has 0 radical (unpaired) electrons. The van der Waals surface area contributed by atoms with Crippen molar-refractivity contribution in [3.05, 3.63) is 12.2 Å². The van der Waals surface area contributed by atoms with E-state index >= 15 is 0 Å². The Morgan fingerprint density at radius 1 is 1.50 bits per heavy atom. The van der Waals surface area contributed by atoms with Crippen LogP contribution in [0.15, 0.2) is 6.33 Å². The van der Waals surface area contributed by atoms with Gasteiger partial charge < -0.3 is 10.1 Å². The Bertz CT molecular complexity index is 326. The topological polar surface area (TPSA) is 52.0 Å². The lowest BCUT2D eigenvalue weighted by atomic mass is 9.92.